The first kappa shape index (κ1) is 23.5. The number of piperazine rings is 1. The largest absolute Gasteiger partial charge is 0.368 e. The van der Waals surface area contributed by atoms with E-state index in [0.717, 1.165) is 18.5 Å². The third kappa shape index (κ3) is 5.08. The van der Waals surface area contributed by atoms with E-state index in [9.17, 15) is 13.2 Å². The van der Waals surface area contributed by atoms with Gasteiger partial charge >= 0.3 is 0 Å². The summed E-state index contributed by atoms with van der Waals surface area (Å²) >= 11 is 0. The van der Waals surface area contributed by atoms with Gasteiger partial charge in [0.25, 0.3) is 0 Å². The number of carbonyl (C=O) groups excluding carboxylic acids is 1. The Kier molecular flexibility index (Phi) is 6.33. The molecule has 2 aromatic carbocycles. The maximum atomic E-state index is 13.2. The number of nitrogens with zero attached hydrogens (tertiary/aromatic N) is 4. The minimum absolute atomic E-state index is 0.0984. The summed E-state index contributed by atoms with van der Waals surface area (Å²) in [6.45, 7) is 5.78. The monoisotopic (exact) mass is 495 g/mol. The van der Waals surface area contributed by atoms with Crippen LogP contribution in [0.1, 0.15) is 37.1 Å². The first-order chi connectivity index (χ1) is 16.8. The van der Waals surface area contributed by atoms with Gasteiger partial charge in [-0.2, -0.15) is 9.71 Å². The molecule has 2 aliphatic rings. The highest BCUT2D eigenvalue weighted by molar-refractivity contribution is 7.89. The second-order valence-corrected chi connectivity index (χ2v) is 10.9. The number of hydrogen-bond donors (Lipinski definition) is 1. The highest BCUT2D eigenvalue weighted by Crippen LogP contribution is 2.39. The van der Waals surface area contributed by atoms with Crippen molar-refractivity contribution in [1.82, 2.24) is 19.8 Å². The van der Waals surface area contributed by atoms with Gasteiger partial charge in [0.15, 0.2) is 0 Å². The van der Waals surface area contributed by atoms with Gasteiger partial charge in [0.1, 0.15) is 0 Å². The molecule has 2 heterocycles. The average Bonchev–Trinajstić information content (AvgIpc) is 3.60. The van der Waals surface area contributed by atoms with Gasteiger partial charge in [-0.3, -0.25) is 4.79 Å². The molecule has 1 atom stereocenters. The van der Waals surface area contributed by atoms with Gasteiger partial charge in [0.05, 0.1) is 10.9 Å². The number of hydrogen-bond acceptors (Lipinski definition) is 7. The van der Waals surface area contributed by atoms with Crippen LogP contribution in [-0.4, -0.2) is 61.6 Å². The van der Waals surface area contributed by atoms with Gasteiger partial charge in [0.2, 0.25) is 27.6 Å². The average molecular weight is 496 g/mol. The summed E-state index contributed by atoms with van der Waals surface area (Å²) in [5.41, 5.74) is 2.25. The second kappa shape index (κ2) is 9.43. The van der Waals surface area contributed by atoms with Gasteiger partial charge in [-0.25, -0.2) is 8.42 Å². The number of aryl methyl sites for hydroxylation is 1. The molecule has 0 radical (unpaired) electrons. The number of nitrogens with one attached hydrogen (secondary N) is 1. The molecule has 9 nitrogen and oxygen atoms in total. The number of aromatic nitrogens is 2. The lowest BCUT2D eigenvalue weighted by molar-refractivity contribution is -0.132. The van der Waals surface area contributed by atoms with Crippen LogP contribution < -0.4 is 9.62 Å². The van der Waals surface area contributed by atoms with Crippen LogP contribution in [-0.2, 0) is 14.8 Å². The summed E-state index contributed by atoms with van der Waals surface area (Å²) in [6, 6.07) is 14.2. The molecule has 1 saturated heterocycles. The number of sulfonamides is 1. The molecule has 0 unspecified atom stereocenters. The lowest BCUT2D eigenvalue weighted by atomic mass is 10.1. The Bertz CT molecular complexity index is 1310. The maximum absolute atomic E-state index is 13.2. The molecule has 35 heavy (non-hydrogen) atoms. The highest BCUT2D eigenvalue weighted by atomic mass is 32.2. The lowest BCUT2D eigenvalue weighted by Crippen LogP contribution is -2.54. The number of benzene rings is 2. The van der Waals surface area contributed by atoms with Crippen LogP contribution >= 0.6 is 0 Å². The first-order valence-corrected chi connectivity index (χ1v) is 13.4. The van der Waals surface area contributed by atoms with Crippen LogP contribution in [0.15, 0.2) is 57.9 Å². The zero-order valence-corrected chi connectivity index (χ0v) is 20.7. The maximum Gasteiger partial charge on any atom is 0.241 e. The van der Waals surface area contributed by atoms with Gasteiger partial charge in [-0.1, -0.05) is 35.5 Å². The molecule has 0 spiro atoms. The molecule has 1 N–H and O–H groups in total. The van der Waals surface area contributed by atoms with Crippen molar-refractivity contribution in [2.24, 2.45) is 0 Å². The van der Waals surface area contributed by atoms with Crippen molar-refractivity contribution in [2.75, 3.05) is 31.1 Å². The summed E-state index contributed by atoms with van der Waals surface area (Å²) in [4.78, 5) is 21.5. The molecule has 5 rings (SSSR count). The summed E-state index contributed by atoms with van der Waals surface area (Å²) < 4.78 is 34.4. The van der Waals surface area contributed by atoms with Gasteiger partial charge in [0, 0.05) is 43.3 Å². The fourth-order valence-corrected chi connectivity index (χ4v) is 5.79. The zero-order chi connectivity index (χ0) is 24.6. The number of anilines is 1. The zero-order valence-electron chi connectivity index (χ0n) is 19.8. The third-order valence-corrected chi connectivity index (χ3v) is 8.20. The Morgan fingerprint density at radius 3 is 2.49 bits per heavy atom. The van der Waals surface area contributed by atoms with E-state index < -0.39 is 16.1 Å². The van der Waals surface area contributed by atoms with Crippen molar-refractivity contribution in [3.05, 3.63) is 60.0 Å². The van der Waals surface area contributed by atoms with Crippen LogP contribution in [0.3, 0.4) is 0 Å². The first-order valence-electron chi connectivity index (χ1n) is 11.9. The van der Waals surface area contributed by atoms with E-state index in [4.69, 9.17) is 4.52 Å². The van der Waals surface area contributed by atoms with E-state index in [-0.39, 0.29) is 10.8 Å². The van der Waals surface area contributed by atoms with Gasteiger partial charge in [-0.15, -0.1) is 0 Å². The molecule has 1 saturated carbocycles. The SMILES string of the molecule is Cc1ccc(-c2noc(C3CC3)n2)cc1S(=O)(=O)N[C@H](C)C(=O)N1CCN(c2ccccc2)CC1. The highest BCUT2D eigenvalue weighted by Gasteiger charge is 2.31. The topological polar surface area (TPSA) is 109 Å². The number of rotatable bonds is 7. The Labute approximate surface area is 205 Å². The summed E-state index contributed by atoms with van der Waals surface area (Å²) in [7, 11) is -3.95. The third-order valence-electron chi connectivity index (χ3n) is 6.52. The standard InChI is InChI=1S/C25H29N5O4S/c1-17-8-9-20(23-26-24(34-27-23)19-10-11-19)16-22(17)35(32,33)28-18(2)25(31)30-14-12-29(13-15-30)21-6-4-3-5-7-21/h3-9,16,18-19,28H,10-15H2,1-2H3/t18-/m1/s1. The predicted molar refractivity (Wildman–Crippen MR) is 131 cm³/mol. The molecular weight excluding hydrogens is 466 g/mol. The quantitative estimate of drug-likeness (QED) is 0.537. The molecule has 0 bridgehead atoms. The van der Waals surface area contributed by atoms with Crippen LogP contribution in [0, 0.1) is 6.92 Å². The number of amides is 1. The van der Waals surface area contributed by atoms with Gasteiger partial charge in [-0.05, 0) is 50.5 Å². The number of carbonyl (C=O) groups is 1. The molecule has 3 aromatic rings. The van der Waals surface area contributed by atoms with E-state index in [2.05, 4.69) is 19.8 Å². The fourth-order valence-electron chi connectivity index (χ4n) is 4.32. The Hall–Kier alpha value is -3.24. The van der Waals surface area contributed by atoms with E-state index in [1.165, 1.54) is 6.07 Å². The van der Waals surface area contributed by atoms with Crippen molar-refractivity contribution in [2.45, 2.75) is 43.5 Å². The smallest absolute Gasteiger partial charge is 0.241 e. The van der Waals surface area contributed by atoms with Crippen LogP contribution in [0.25, 0.3) is 11.4 Å². The van der Waals surface area contributed by atoms with Crippen molar-refractivity contribution < 1.29 is 17.7 Å². The van der Waals surface area contributed by atoms with Crippen LogP contribution in [0.4, 0.5) is 5.69 Å². The predicted octanol–water partition coefficient (Wildman–Crippen LogP) is 2.94. The van der Waals surface area contributed by atoms with Crippen molar-refractivity contribution >= 4 is 21.6 Å². The van der Waals surface area contributed by atoms with E-state index in [1.807, 2.05) is 30.3 Å². The normalized spacial score (nSPS) is 17.4. The fraction of sp³-hybridized carbons (Fsp3) is 0.400. The lowest BCUT2D eigenvalue weighted by Gasteiger charge is -2.37. The Morgan fingerprint density at radius 1 is 1.09 bits per heavy atom. The van der Waals surface area contributed by atoms with Gasteiger partial charge < -0.3 is 14.3 Å². The minimum Gasteiger partial charge on any atom is -0.368 e. The Balaban J connectivity index is 1.25. The Morgan fingerprint density at radius 2 is 1.80 bits per heavy atom. The molecule has 10 heteroatoms. The molecule has 184 valence electrons. The van der Waals surface area contributed by atoms with Crippen molar-refractivity contribution in [3.63, 3.8) is 0 Å². The summed E-state index contributed by atoms with van der Waals surface area (Å²) in [5.74, 6) is 1.04. The van der Waals surface area contributed by atoms with Crippen LogP contribution in [0.5, 0.6) is 0 Å². The molecule has 2 fully saturated rings. The molecule has 1 aliphatic carbocycles. The second-order valence-electron chi connectivity index (χ2n) is 9.20. The summed E-state index contributed by atoms with van der Waals surface area (Å²) in [5, 5.41) is 4.01. The van der Waals surface area contributed by atoms with Crippen molar-refractivity contribution in [1.29, 1.82) is 0 Å². The molecular formula is C25H29N5O4S. The van der Waals surface area contributed by atoms with E-state index >= 15 is 0 Å². The molecule has 1 amide bonds. The van der Waals surface area contributed by atoms with E-state index in [0.29, 0.717) is 54.9 Å². The minimum atomic E-state index is -3.95. The molecule has 1 aliphatic heterocycles. The van der Waals surface area contributed by atoms with Crippen LogP contribution in [0.2, 0.25) is 0 Å². The van der Waals surface area contributed by atoms with E-state index in [1.54, 1.807) is 30.9 Å². The number of para-hydroxylation sites is 1. The molecule has 1 aromatic heterocycles. The summed E-state index contributed by atoms with van der Waals surface area (Å²) in [6.07, 6.45) is 2.07. The van der Waals surface area contributed by atoms with Crippen molar-refractivity contribution in [3.8, 4) is 11.4 Å².